The van der Waals surface area contributed by atoms with E-state index in [-0.39, 0.29) is 11.8 Å². The lowest BCUT2D eigenvalue weighted by molar-refractivity contribution is -0.126. The zero-order chi connectivity index (χ0) is 20.1. The van der Waals surface area contributed by atoms with Gasteiger partial charge in [-0.25, -0.2) is 0 Å². The number of aromatic nitrogens is 2. The lowest BCUT2D eigenvalue weighted by Crippen LogP contribution is -2.51. The molecule has 1 aromatic carbocycles. The van der Waals surface area contributed by atoms with E-state index in [2.05, 4.69) is 16.5 Å². The monoisotopic (exact) mass is 408 g/mol. The molecule has 3 heterocycles. The fourth-order valence-corrected chi connectivity index (χ4v) is 4.42. The molecule has 1 saturated heterocycles. The number of benzene rings is 1. The number of thiophene rings is 1. The highest BCUT2D eigenvalue weighted by Crippen LogP contribution is 2.22. The van der Waals surface area contributed by atoms with E-state index in [1.54, 1.807) is 11.1 Å². The first kappa shape index (κ1) is 19.4. The van der Waals surface area contributed by atoms with Crippen LogP contribution in [-0.2, 0) is 17.9 Å². The van der Waals surface area contributed by atoms with Crippen LogP contribution < -0.4 is 5.32 Å². The predicted molar refractivity (Wildman–Crippen MR) is 113 cm³/mol. The summed E-state index contributed by atoms with van der Waals surface area (Å²) in [7, 11) is 0. The summed E-state index contributed by atoms with van der Waals surface area (Å²) in [5, 5.41) is 9.21. The number of hydrogen-bond donors (Lipinski definition) is 1. The Balaban J connectivity index is 1.43. The van der Waals surface area contributed by atoms with Gasteiger partial charge in [-0.2, -0.15) is 5.10 Å². The average Bonchev–Trinajstić information content (AvgIpc) is 3.47. The Hall–Kier alpha value is -2.93. The van der Waals surface area contributed by atoms with Gasteiger partial charge in [-0.3, -0.25) is 14.3 Å². The van der Waals surface area contributed by atoms with Gasteiger partial charge in [0.1, 0.15) is 6.04 Å². The summed E-state index contributed by atoms with van der Waals surface area (Å²) in [5.41, 5.74) is 2.18. The maximum atomic E-state index is 13.0. The van der Waals surface area contributed by atoms with Crippen LogP contribution in [0.2, 0.25) is 0 Å². The maximum absolute atomic E-state index is 13.0. The van der Waals surface area contributed by atoms with Crippen LogP contribution >= 0.6 is 11.3 Å². The van der Waals surface area contributed by atoms with E-state index in [0.717, 1.165) is 24.0 Å². The summed E-state index contributed by atoms with van der Waals surface area (Å²) >= 11 is 1.42. The van der Waals surface area contributed by atoms with Crippen molar-refractivity contribution in [3.63, 3.8) is 0 Å². The third kappa shape index (κ3) is 4.56. The second-order valence-corrected chi connectivity index (χ2v) is 8.13. The zero-order valence-electron chi connectivity index (χ0n) is 16.2. The van der Waals surface area contributed by atoms with E-state index in [0.29, 0.717) is 30.9 Å². The molecule has 0 saturated carbocycles. The summed E-state index contributed by atoms with van der Waals surface area (Å²) < 4.78 is 1.86. The largest absolute Gasteiger partial charge is 0.350 e. The summed E-state index contributed by atoms with van der Waals surface area (Å²) in [4.78, 5) is 28.2. The van der Waals surface area contributed by atoms with Crippen LogP contribution in [0.5, 0.6) is 0 Å². The molecule has 1 N–H and O–H groups in total. The molecule has 1 aliphatic heterocycles. The molecule has 29 heavy (non-hydrogen) atoms. The second-order valence-electron chi connectivity index (χ2n) is 7.18. The molecule has 0 radical (unpaired) electrons. The summed E-state index contributed by atoms with van der Waals surface area (Å²) in [6, 6.07) is 13.2. The summed E-state index contributed by atoms with van der Waals surface area (Å²) in [5.74, 6) is -0.123. The van der Waals surface area contributed by atoms with Crippen molar-refractivity contribution in [1.82, 2.24) is 20.0 Å². The van der Waals surface area contributed by atoms with Gasteiger partial charge in [-0.15, -0.1) is 11.3 Å². The fourth-order valence-electron chi connectivity index (χ4n) is 3.74. The minimum Gasteiger partial charge on any atom is -0.350 e. The van der Waals surface area contributed by atoms with Gasteiger partial charge >= 0.3 is 0 Å². The molecule has 3 aromatic rings. The molecule has 7 heteroatoms. The molecule has 2 aromatic heterocycles. The van der Waals surface area contributed by atoms with Crippen LogP contribution in [-0.4, -0.2) is 39.1 Å². The highest BCUT2D eigenvalue weighted by molar-refractivity contribution is 7.12. The standard InChI is InChI=1S/C22H24N4O2S/c27-21(19-9-3-4-13-26(19)22(28)20-10-5-14-29-20)23-15-17-7-1-2-8-18(17)16-25-12-6-11-24-25/h1-2,5-8,10-12,14,19H,3-4,9,13,15-16H2,(H,23,27)/t19-/m0/s1. The molecule has 6 nitrogen and oxygen atoms in total. The van der Waals surface area contributed by atoms with E-state index in [1.807, 2.05) is 52.7 Å². The zero-order valence-corrected chi connectivity index (χ0v) is 17.0. The van der Waals surface area contributed by atoms with Crippen LogP contribution in [0.15, 0.2) is 60.2 Å². The molecule has 2 amide bonds. The first-order valence-electron chi connectivity index (χ1n) is 9.89. The number of rotatable bonds is 6. The number of nitrogens with zero attached hydrogens (tertiary/aromatic N) is 3. The molecule has 150 valence electrons. The molecule has 1 aliphatic rings. The number of piperidine rings is 1. The molecule has 4 rings (SSSR count). The number of carbonyl (C=O) groups excluding carboxylic acids is 2. The normalized spacial score (nSPS) is 16.6. The minimum atomic E-state index is -0.406. The Morgan fingerprint density at radius 1 is 1.10 bits per heavy atom. The second kappa shape index (κ2) is 9.05. The maximum Gasteiger partial charge on any atom is 0.264 e. The Kier molecular flexibility index (Phi) is 6.05. The van der Waals surface area contributed by atoms with Crippen LogP contribution in [0.4, 0.5) is 0 Å². The Bertz CT molecular complexity index is 953. The van der Waals surface area contributed by atoms with Crippen molar-refractivity contribution in [2.24, 2.45) is 0 Å². The molecule has 0 spiro atoms. The first-order valence-corrected chi connectivity index (χ1v) is 10.8. The average molecular weight is 409 g/mol. The smallest absolute Gasteiger partial charge is 0.264 e. The van der Waals surface area contributed by atoms with Crippen molar-refractivity contribution >= 4 is 23.2 Å². The van der Waals surface area contributed by atoms with Crippen molar-refractivity contribution in [1.29, 1.82) is 0 Å². The number of carbonyl (C=O) groups is 2. The highest BCUT2D eigenvalue weighted by atomic mass is 32.1. The SMILES string of the molecule is O=C(NCc1ccccc1Cn1cccn1)[C@@H]1CCCCN1C(=O)c1cccs1. The molecule has 0 bridgehead atoms. The van der Waals surface area contributed by atoms with Gasteiger partial charge in [0.25, 0.3) is 5.91 Å². The van der Waals surface area contributed by atoms with E-state index in [1.165, 1.54) is 11.3 Å². The van der Waals surface area contributed by atoms with Crippen molar-refractivity contribution < 1.29 is 9.59 Å². The van der Waals surface area contributed by atoms with Crippen molar-refractivity contribution in [3.05, 3.63) is 76.2 Å². The van der Waals surface area contributed by atoms with Crippen LogP contribution in [0, 0.1) is 0 Å². The summed E-state index contributed by atoms with van der Waals surface area (Å²) in [6.07, 6.45) is 6.28. The van der Waals surface area contributed by atoms with Gasteiger partial charge in [0.15, 0.2) is 0 Å². The lowest BCUT2D eigenvalue weighted by atomic mass is 10.0. The predicted octanol–water partition coefficient (Wildman–Crippen LogP) is 3.30. The minimum absolute atomic E-state index is 0.0427. The van der Waals surface area contributed by atoms with E-state index >= 15 is 0 Å². The molecule has 1 fully saturated rings. The lowest BCUT2D eigenvalue weighted by Gasteiger charge is -2.34. The van der Waals surface area contributed by atoms with E-state index in [4.69, 9.17) is 0 Å². The third-order valence-corrected chi connectivity index (χ3v) is 6.12. The van der Waals surface area contributed by atoms with Crippen LogP contribution in [0.25, 0.3) is 0 Å². The molecular formula is C22H24N4O2S. The van der Waals surface area contributed by atoms with E-state index < -0.39 is 6.04 Å². The topological polar surface area (TPSA) is 67.2 Å². The molecule has 1 atom stereocenters. The van der Waals surface area contributed by atoms with Crippen molar-refractivity contribution in [2.45, 2.75) is 38.4 Å². The number of amides is 2. The first-order chi connectivity index (χ1) is 14.2. The van der Waals surface area contributed by atoms with Gasteiger partial charge < -0.3 is 10.2 Å². The fraction of sp³-hybridized carbons (Fsp3) is 0.318. The van der Waals surface area contributed by atoms with Gasteiger partial charge in [0.05, 0.1) is 11.4 Å². The van der Waals surface area contributed by atoms with Gasteiger partial charge in [0, 0.05) is 25.5 Å². The molecular weight excluding hydrogens is 384 g/mol. The number of hydrogen-bond acceptors (Lipinski definition) is 4. The van der Waals surface area contributed by atoms with Gasteiger partial charge in [-0.05, 0) is 47.9 Å². The Morgan fingerprint density at radius 2 is 1.97 bits per heavy atom. The number of likely N-dealkylation sites (tertiary alicyclic amines) is 1. The number of nitrogens with one attached hydrogen (secondary N) is 1. The van der Waals surface area contributed by atoms with Crippen molar-refractivity contribution in [3.8, 4) is 0 Å². The van der Waals surface area contributed by atoms with E-state index in [9.17, 15) is 9.59 Å². The summed E-state index contributed by atoms with van der Waals surface area (Å²) in [6.45, 7) is 1.73. The van der Waals surface area contributed by atoms with Crippen LogP contribution in [0.3, 0.4) is 0 Å². The van der Waals surface area contributed by atoms with Gasteiger partial charge in [-0.1, -0.05) is 30.3 Å². The van der Waals surface area contributed by atoms with Gasteiger partial charge in [0.2, 0.25) is 5.91 Å². The van der Waals surface area contributed by atoms with Crippen LogP contribution in [0.1, 0.15) is 40.1 Å². The van der Waals surface area contributed by atoms with Crippen molar-refractivity contribution in [2.75, 3.05) is 6.54 Å². The Labute approximate surface area is 174 Å². The highest BCUT2D eigenvalue weighted by Gasteiger charge is 2.32. The third-order valence-electron chi connectivity index (χ3n) is 5.26. The molecule has 0 unspecified atom stereocenters. The molecule has 0 aliphatic carbocycles. The Morgan fingerprint density at radius 3 is 2.72 bits per heavy atom. The quantitative estimate of drug-likeness (QED) is 0.681.